The Balaban J connectivity index is 1.48. The van der Waals surface area contributed by atoms with Gasteiger partial charge in [0, 0.05) is 16.7 Å². The highest BCUT2D eigenvalue weighted by Crippen LogP contribution is 2.41. The Morgan fingerprint density at radius 3 is 2.54 bits per heavy atom. The lowest BCUT2D eigenvalue weighted by Crippen LogP contribution is -2.62. The number of thiazole rings is 1. The number of anilines is 1. The van der Waals surface area contributed by atoms with Gasteiger partial charge in [0.05, 0.1) is 5.37 Å². The summed E-state index contributed by atoms with van der Waals surface area (Å²) in [6.45, 7) is 1.11. The van der Waals surface area contributed by atoms with Crippen LogP contribution in [0.1, 0.15) is 29.9 Å². The lowest BCUT2D eigenvalue weighted by Gasteiger charge is -2.47. The summed E-state index contributed by atoms with van der Waals surface area (Å²) >= 11 is 2.28. The van der Waals surface area contributed by atoms with Crippen molar-refractivity contribution in [1.29, 1.82) is 0 Å². The van der Waals surface area contributed by atoms with Gasteiger partial charge in [-0.15, -0.1) is 23.1 Å². The SMILES string of the molecule is CC(C)(ON=C(C(N)=O)c1csc(N)n1)C(=O)NN(CC(=O)OCC1C(=O)N2C(C(=O)O)=CCS[C@@H]12)C(=O)c1ccc(O)c(O)c1. The van der Waals surface area contributed by atoms with Crippen molar-refractivity contribution in [3.8, 4) is 11.5 Å². The molecule has 0 bridgehead atoms. The second-order valence-electron chi connectivity index (χ2n) is 10.1. The van der Waals surface area contributed by atoms with Crippen molar-refractivity contribution in [3.63, 3.8) is 0 Å². The van der Waals surface area contributed by atoms with Crippen LogP contribution in [0.5, 0.6) is 11.5 Å². The average molecular weight is 678 g/mol. The van der Waals surface area contributed by atoms with Crippen LogP contribution in [-0.4, -0.2) is 101 Å². The van der Waals surface area contributed by atoms with E-state index >= 15 is 0 Å². The van der Waals surface area contributed by atoms with Gasteiger partial charge in [-0.2, -0.15) is 0 Å². The number of rotatable bonds is 11. The largest absolute Gasteiger partial charge is 0.504 e. The summed E-state index contributed by atoms with van der Waals surface area (Å²) in [7, 11) is 0. The smallest absolute Gasteiger partial charge is 0.352 e. The molecule has 2 atom stereocenters. The van der Waals surface area contributed by atoms with E-state index in [4.69, 9.17) is 21.0 Å². The number of phenolic OH excluding ortho intramolecular Hbond substituents is 2. The molecule has 0 radical (unpaired) electrons. The molecule has 3 heterocycles. The Kier molecular flexibility index (Phi) is 9.71. The number of hydrogen-bond donors (Lipinski definition) is 6. The summed E-state index contributed by atoms with van der Waals surface area (Å²) in [5.74, 6) is -7.71. The Morgan fingerprint density at radius 2 is 1.93 bits per heavy atom. The van der Waals surface area contributed by atoms with Crippen LogP contribution < -0.4 is 16.9 Å². The highest BCUT2D eigenvalue weighted by molar-refractivity contribution is 8.00. The molecule has 0 saturated carbocycles. The number of carbonyl (C=O) groups is 6. The summed E-state index contributed by atoms with van der Waals surface area (Å²) in [5, 5.41) is 33.9. The number of aliphatic carboxylic acids is 1. The molecule has 1 aromatic heterocycles. The standard InChI is InChI=1S/C26H27N7O11S2/c1-26(2,44-31-18(19(27)37)13-10-46-25(28)29-13)24(42)30-32(20(38)11-3-4-15(34)16(35)7-11)8-17(36)43-9-12-21(39)33-14(23(40)41)5-6-45-22(12)33/h3-5,7,10,12,22,34-35H,6,8-9H2,1-2H3,(H2,27,37)(H2,28,29)(H,30,42)(H,40,41)/t12?,22-/m0/s1. The van der Waals surface area contributed by atoms with Gasteiger partial charge in [-0.05, 0) is 38.1 Å². The number of ether oxygens (including phenoxy) is 1. The molecule has 4 amide bonds. The van der Waals surface area contributed by atoms with Gasteiger partial charge in [-0.3, -0.25) is 34.3 Å². The number of aromatic nitrogens is 1. The quantitative estimate of drug-likeness (QED) is 0.0566. The van der Waals surface area contributed by atoms with Gasteiger partial charge in [0.25, 0.3) is 17.7 Å². The fourth-order valence-electron chi connectivity index (χ4n) is 4.04. The average Bonchev–Trinajstić information content (AvgIpc) is 3.42. The van der Waals surface area contributed by atoms with E-state index in [-0.39, 0.29) is 22.1 Å². The Morgan fingerprint density at radius 1 is 1.22 bits per heavy atom. The van der Waals surface area contributed by atoms with Gasteiger partial charge >= 0.3 is 11.9 Å². The number of oxime groups is 1. The zero-order chi connectivity index (χ0) is 33.9. The van der Waals surface area contributed by atoms with Crippen LogP contribution in [0.25, 0.3) is 0 Å². The topological polar surface area (TPSA) is 277 Å². The Bertz CT molecular complexity index is 1670. The van der Waals surface area contributed by atoms with Crippen molar-refractivity contribution in [2.45, 2.75) is 24.8 Å². The van der Waals surface area contributed by atoms with E-state index in [1.54, 1.807) is 0 Å². The lowest BCUT2D eigenvalue weighted by atomic mass is 9.97. The predicted molar refractivity (Wildman–Crippen MR) is 160 cm³/mol. The fraction of sp³-hybridized carbons (Fsp3) is 0.308. The minimum Gasteiger partial charge on any atom is -0.504 e. The van der Waals surface area contributed by atoms with E-state index in [1.165, 1.54) is 37.1 Å². The normalized spacial score (nSPS) is 17.6. The number of hydrazine groups is 1. The number of aromatic hydroxyl groups is 2. The fourth-order valence-corrected chi connectivity index (χ4v) is 5.84. The monoisotopic (exact) mass is 677 g/mol. The van der Waals surface area contributed by atoms with E-state index in [0.717, 1.165) is 34.4 Å². The number of nitrogen functional groups attached to an aromatic ring is 1. The third-order valence-electron chi connectivity index (χ3n) is 6.50. The van der Waals surface area contributed by atoms with Crippen molar-refractivity contribution in [2.24, 2.45) is 16.8 Å². The number of phenols is 2. The van der Waals surface area contributed by atoms with Crippen LogP contribution in [0, 0.1) is 5.92 Å². The number of fused-ring (bicyclic) bond motifs is 1. The number of hydrogen-bond acceptors (Lipinski definition) is 15. The minimum absolute atomic E-state index is 0.00667. The van der Waals surface area contributed by atoms with Crippen molar-refractivity contribution in [3.05, 3.63) is 46.6 Å². The number of nitrogens with zero attached hydrogens (tertiary/aromatic N) is 4. The number of carboxylic acids is 1. The van der Waals surface area contributed by atoms with Crippen molar-refractivity contribution in [2.75, 3.05) is 24.6 Å². The summed E-state index contributed by atoms with van der Waals surface area (Å²) in [5.41, 5.74) is 10.4. The first-order chi connectivity index (χ1) is 21.6. The highest BCUT2D eigenvalue weighted by Gasteiger charge is 2.52. The summed E-state index contributed by atoms with van der Waals surface area (Å²) < 4.78 is 5.22. The lowest BCUT2D eigenvalue weighted by molar-refractivity contribution is -0.161. The molecule has 46 heavy (non-hydrogen) atoms. The van der Waals surface area contributed by atoms with E-state index in [0.29, 0.717) is 10.8 Å². The van der Waals surface area contributed by atoms with E-state index < -0.39 is 82.8 Å². The molecule has 2 aliphatic heterocycles. The maximum atomic E-state index is 13.3. The maximum Gasteiger partial charge on any atom is 0.352 e. The molecule has 0 spiro atoms. The molecule has 8 N–H and O–H groups in total. The zero-order valence-corrected chi connectivity index (χ0v) is 25.7. The maximum absolute atomic E-state index is 13.3. The summed E-state index contributed by atoms with van der Waals surface area (Å²) in [6, 6.07) is 3.01. The van der Waals surface area contributed by atoms with Crippen LogP contribution in [0.15, 0.2) is 40.5 Å². The number of β-lactam (4-membered cyclic amide) rings is 1. The number of thioether (sulfide) groups is 1. The van der Waals surface area contributed by atoms with E-state index in [2.05, 4.69) is 15.6 Å². The molecule has 1 fully saturated rings. The zero-order valence-electron chi connectivity index (χ0n) is 24.0. The number of nitrogens with one attached hydrogen (secondary N) is 1. The third kappa shape index (κ3) is 7.12. The number of carboxylic acid groups (broad SMARTS) is 1. The number of amides is 4. The first-order valence-corrected chi connectivity index (χ1v) is 15.0. The van der Waals surface area contributed by atoms with Crippen LogP contribution in [0.4, 0.5) is 5.13 Å². The van der Waals surface area contributed by atoms with Gasteiger partial charge in [-0.25, -0.2) is 14.8 Å². The molecule has 4 rings (SSSR count). The molecule has 0 aliphatic carbocycles. The number of benzene rings is 1. The molecule has 1 saturated heterocycles. The van der Waals surface area contributed by atoms with Gasteiger partial charge in [0.2, 0.25) is 11.5 Å². The molecule has 18 nitrogen and oxygen atoms in total. The second-order valence-corrected chi connectivity index (χ2v) is 12.2. The highest BCUT2D eigenvalue weighted by atomic mass is 32.2. The van der Waals surface area contributed by atoms with E-state index in [1.807, 2.05) is 0 Å². The first-order valence-electron chi connectivity index (χ1n) is 13.1. The van der Waals surface area contributed by atoms with Crippen molar-refractivity contribution < 1.29 is 53.7 Å². The molecule has 2 aromatic rings. The Labute approximate surface area is 267 Å². The van der Waals surface area contributed by atoms with Gasteiger partial charge in [0.1, 0.15) is 30.5 Å². The van der Waals surface area contributed by atoms with Crippen LogP contribution in [0.3, 0.4) is 0 Å². The molecule has 1 unspecified atom stereocenters. The molecule has 244 valence electrons. The van der Waals surface area contributed by atoms with Gasteiger partial charge in [-0.1, -0.05) is 5.16 Å². The molecular weight excluding hydrogens is 650 g/mol. The van der Waals surface area contributed by atoms with Gasteiger partial charge < -0.3 is 36.4 Å². The molecule has 1 aromatic carbocycles. The Hall–Kier alpha value is -5.37. The van der Waals surface area contributed by atoms with Crippen LogP contribution >= 0.6 is 23.1 Å². The predicted octanol–water partition coefficient (Wildman–Crippen LogP) is -0.662. The van der Waals surface area contributed by atoms with Crippen LogP contribution in [-0.2, 0) is 33.5 Å². The first kappa shape index (κ1) is 33.5. The molecular formula is C26H27N7O11S2. The second kappa shape index (κ2) is 13.3. The van der Waals surface area contributed by atoms with Gasteiger partial charge in [0.15, 0.2) is 22.3 Å². The molecule has 2 aliphatic rings. The number of carbonyl (C=O) groups excluding carboxylic acids is 5. The van der Waals surface area contributed by atoms with Crippen molar-refractivity contribution >= 4 is 69.5 Å². The third-order valence-corrected chi connectivity index (χ3v) is 8.41. The van der Waals surface area contributed by atoms with Crippen molar-refractivity contribution in [1.82, 2.24) is 20.3 Å². The van der Waals surface area contributed by atoms with E-state index in [9.17, 15) is 44.1 Å². The number of nitrogens with two attached hydrogens (primary N) is 2. The minimum atomic E-state index is -1.91. The number of esters is 1. The summed E-state index contributed by atoms with van der Waals surface area (Å²) in [4.78, 5) is 85.6. The van der Waals surface area contributed by atoms with Crippen LogP contribution in [0.2, 0.25) is 0 Å². The summed E-state index contributed by atoms with van der Waals surface area (Å²) in [6.07, 6.45) is 1.40. The molecule has 20 heteroatoms. The number of primary amides is 1.